The molecule has 2 N–H and O–H groups in total. The summed E-state index contributed by atoms with van der Waals surface area (Å²) in [5.74, 6) is 0.457. The van der Waals surface area contributed by atoms with Crippen molar-refractivity contribution < 1.29 is 8.42 Å². The number of para-hydroxylation sites is 2. The second-order valence-corrected chi connectivity index (χ2v) is 8.97. The Labute approximate surface area is 174 Å². The second kappa shape index (κ2) is 7.85. The molecule has 1 unspecified atom stereocenters. The lowest BCUT2D eigenvalue weighted by molar-refractivity contribution is 0.607. The van der Waals surface area contributed by atoms with E-state index in [4.69, 9.17) is 11.6 Å². The lowest BCUT2D eigenvalue weighted by atomic mass is 10.2. The molecule has 0 spiro atoms. The first-order valence-electron chi connectivity index (χ1n) is 9.06. The zero-order chi connectivity index (χ0) is 20.4. The first kappa shape index (κ1) is 19.4. The SMILES string of the molecule is Cc1ccc(Nc2nc3ccccc3nc2NS(=O)(=O)C2=CCC(Cl)C=C2)cc1. The molecule has 1 aliphatic carbocycles. The van der Waals surface area contributed by atoms with Crippen LogP contribution in [0.5, 0.6) is 0 Å². The van der Waals surface area contributed by atoms with Gasteiger partial charge in [0.1, 0.15) is 0 Å². The Bertz CT molecular complexity index is 1220. The van der Waals surface area contributed by atoms with Crippen LogP contribution in [0.2, 0.25) is 0 Å². The molecular weight excluding hydrogens is 408 g/mol. The molecule has 0 saturated carbocycles. The number of alkyl halides is 1. The Morgan fingerprint density at radius 3 is 2.28 bits per heavy atom. The van der Waals surface area contributed by atoms with Gasteiger partial charge in [-0.3, -0.25) is 4.72 Å². The van der Waals surface area contributed by atoms with Gasteiger partial charge in [0.15, 0.2) is 11.6 Å². The van der Waals surface area contributed by atoms with Crippen molar-refractivity contribution in [2.24, 2.45) is 0 Å². The van der Waals surface area contributed by atoms with Gasteiger partial charge < -0.3 is 5.32 Å². The van der Waals surface area contributed by atoms with Crippen LogP contribution in [0, 0.1) is 6.92 Å². The zero-order valence-electron chi connectivity index (χ0n) is 15.6. The number of hydrogen-bond donors (Lipinski definition) is 2. The van der Waals surface area contributed by atoms with Gasteiger partial charge in [-0.2, -0.15) is 0 Å². The Kier molecular flexibility index (Phi) is 5.25. The van der Waals surface area contributed by atoms with Crippen molar-refractivity contribution in [3.63, 3.8) is 0 Å². The number of allylic oxidation sites excluding steroid dienone is 3. The number of nitrogens with zero attached hydrogens (tertiary/aromatic N) is 2. The highest BCUT2D eigenvalue weighted by Gasteiger charge is 2.22. The van der Waals surface area contributed by atoms with Gasteiger partial charge in [-0.1, -0.05) is 42.0 Å². The number of anilines is 3. The summed E-state index contributed by atoms with van der Waals surface area (Å²) in [6.45, 7) is 2.00. The largest absolute Gasteiger partial charge is 0.337 e. The number of rotatable bonds is 5. The van der Waals surface area contributed by atoms with E-state index in [1.54, 1.807) is 18.2 Å². The molecule has 148 valence electrons. The van der Waals surface area contributed by atoms with Crippen LogP contribution in [-0.2, 0) is 10.0 Å². The topological polar surface area (TPSA) is 84.0 Å². The Morgan fingerprint density at radius 2 is 1.66 bits per heavy atom. The summed E-state index contributed by atoms with van der Waals surface area (Å²) in [4.78, 5) is 9.22. The third-order valence-corrected chi connectivity index (χ3v) is 6.15. The highest BCUT2D eigenvalue weighted by atomic mass is 35.5. The van der Waals surface area contributed by atoms with E-state index in [-0.39, 0.29) is 16.1 Å². The van der Waals surface area contributed by atoms with Gasteiger partial charge >= 0.3 is 0 Å². The molecule has 0 aliphatic heterocycles. The fourth-order valence-corrected chi connectivity index (χ4v) is 4.14. The average molecular weight is 427 g/mol. The van der Waals surface area contributed by atoms with Crippen LogP contribution in [0.1, 0.15) is 12.0 Å². The van der Waals surface area contributed by atoms with Crippen molar-refractivity contribution in [2.45, 2.75) is 18.7 Å². The summed E-state index contributed by atoms with van der Waals surface area (Å²) in [6, 6.07) is 15.0. The Balaban J connectivity index is 1.73. The summed E-state index contributed by atoms with van der Waals surface area (Å²) in [5.41, 5.74) is 3.15. The summed E-state index contributed by atoms with van der Waals surface area (Å²) >= 11 is 6.01. The van der Waals surface area contributed by atoms with Gasteiger partial charge in [-0.05, 0) is 43.7 Å². The smallest absolute Gasteiger partial charge is 0.262 e. The molecule has 6 nitrogen and oxygen atoms in total. The number of benzene rings is 2. The van der Waals surface area contributed by atoms with Crippen LogP contribution in [0.25, 0.3) is 11.0 Å². The molecule has 1 aromatic heterocycles. The zero-order valence-corrected chi connectivity index (χ0v) is 17.2. The molecule has 0 fully saturated rings. The van der Waals surface area contributed by atoms with Crippen LogP contribution in [-0.4, -0.2) is 23.8 Å². The van der Waals surface area contributed by atoms with Crippen molar-refractivity contribution in [1.82, 2.24) is 9.97 Å². The molecule has 3 aromatic rings. The van der Waals surface area contributed by atoms with E-state index in [1.165, 1.54) is 6.08 Å². The van der Waals surface area contributed by atoms with Gasteiger partial charge in [0.05, 0.1) is 21.3 Å². The van der Waals surface area contributed by atoms with Gasteiger partial charge in [0.2, 0.25) is 0 Å². The maximum atomic E-state index is 12.9. The second-order valence-electron chi connectivity index (χ2n) is 6.72. The number of aromatic nitrogens is 2. The molecule has 0 amide bonds. The van der Waals surface area contributed by atoms with Crippen molar-refractivity contribution >= 4 is 50.0 Å². The van der Waals surface area contributed by atoms with Crippen LogP contribution in [0.15, 0.2) is 71.7 Å². The number of fused-ring (bicyclic) bond motifs is 1. The lowest BCUT2D eigenvalue weighted by Gasteiger charge is -2.16. The molecular formula is C21H19ClN4O2S. The standard InChI is InChI=1S/C21H19ClN4O2S/c1-14-6-10-16(11-7-14)23-20-21(25-19-5-3-2-4-18(19)24-20)26-29(27,28)17-12-8-15(22)9-13-17/h2-8,10-13,15H,9H2,1H3,(H,23,24)(H,25,26). The molecule has 0 radical (unpaired) electrons. The van der Waals surface area contributed by atoms with Crippen molar-refractivity contribution in [3.8, 4) is 0 Å². The fraction of sp³-hybridized carbons (Fsp3) is 0.143. The van der Waals surface area contributed by atoms with Crippen molar-refractivity contribution in [2.75, 3.05) is 10.0 Å². The van der Waals surface area contributed by atoms with E-state index in [0.717, 1.165) is 11.3 Å². The molecule has 29 heavy (non-hydrogen) atoms. The third-order valence-electron chi connectivity index (χ3n) is 4.44. The molecule has 1 aliphatic rings. The van der Waals surface area contributed by atoms with Crippen LogP contribution >= 0.6 is 11.6 Å². The number of hydrogen-bond acceptors (Lipinski definition) is 5. The fourth-order valence-electron chi connectivity index (χ4n) is 2.89. The van der Waals surface area contributed by atoms with E-state index in [2.05, 4.69) is 20.0 Å². The minimum absolute atomic E-state index is 0.131. The molecule has 0 saturated heterocycles. The highest BCUT2D eigenvalue weighted by molar-refractivity contribution is 7.96. The highest BCUT2D eigenvalue weighted by Crippen LogP contribution is 2.28. The van der Waals surface area contributed by atoms with Gasteiger partial charge in [0.25, 0.3) is 10.0 Å². The summed E-state index contributed by atoms with van der Waals surface area (Å²) < 4.78 is 28.3. The normalized spacial score (nSPS) is 16.5. The molecule has 0 bridgehead atoms. The van der Waals surface area contributed by atoms with Gasteiger partial charge in [-0.15, -0.1) is 11.6 Å². The number of sulfonamides is 1. The predicted octanol–water partition coefficient (Wildman–Crippen LogP) is 4.87. The molecule has 1 atom stereocenters. The average Bonchev–Trinajstić information content (AvgIpc) is 2.70. The molecule has 1 heterocycles. The minimum Gasteiger partial charge on any atom is -0.337 e. The van der Waals surface area contributed by atoms with Crippen molar-refractivity contribution in [1.29, 1.82) is 0 Å². The predicted molar refractivity (Wildman–Crippen MR) is 118 cm³/mol. The number of aryl methyl sites for hydroxylation is 1. The maximum Gasteiger partial charge on any atom is 0.262 e. The van der Waals surface area contributed by atoms with Crippen LogP contribution in [0.4, 0.5) is 17.3 Å². The van der Waals surface area contributed by atoms with Gasteiger partial charge in [0, 0.05) is 5.69 Å². The molecule has 8 heteroatoms. The van der Waals surface area contributed by atoms with E-state index < -0.39 is 10.0 Å². The van der Waals surface area contributed by atoms with Crippen LogP contribution < -0.4 is 10.0 Å². The first-order chi connectivity index (χ1) is 13.9. The quantitative estimate of drug-likeness (QED) is 0.568. The first-order valence-corrected chi connectivity index (χ1v) is 11.0. The minimum atomic E-state index is -3.83. The van der Waals surface area contributed by atoms with Crippen LogP contribution in [0.3, 0.4) is 0 Å². The van der Waals surface area contributed by atoms with E-state index in [9.17, 15) is 8.42 Å². The summed E-state index contributed by atoms with van der Waals surface area (Å²) in [5, 5.41) is 2.96. The van der Waals surface area contributed by atoms with Crippen molar-refractivity contribution in [3.05, 3.63) is 77.2 Å². The van der Waals surface area contributed by atoms with Gasteiger partial charge in [-0.25, -0.2) is 18.4 Å². The Hall–Kier alpha value is -2.90. The molecule has 2 aromatic carbocycles. The number of halogens is 1. The van der Waals surface area contributed by atoms with E-state index in [1.807, 2.05) is 49.4 Å². The summed E-state index contributed by atoms with van der Waals surface area (Å²) in [6.07, 6.45) is 5.21. The lowest BCUT2D eigenvalue weighted by Crippen LogP contribution is -2.18. The Morgan fingerprint density at radius 1 is 1.00 bits per heavy atom. The molecule has 4 rings (SSSR count). The van der Waals surface area contributed by atoms with E-state index >= 15 is 0 Å². The number of nitrogens with one attached hydrogen (secondary N) is 2. The summed E-state index contributed by atoms with van der Waals surface area (Å²) in [7, 11) is -3.83. The van der Waals surface area contributed by atoms with E-state index in [0.29, 0.717) is 23.3 Å². The monoisotopic (exact) mass is 426 g/mol. The maximum absolute atomic E-state index is 12.9. The third kappa shape index (κ3) is 4.41.